The van der Waals surface area contributed by atoms with Crippen molar-refractivity contribution in [3.05, 3.63) is 420 Å². The molecule has 0 unspecified atom stereocenters. The van der Waals surface area contributed by atoms with Crippen LogP contribution in [0.3, 0.4) is 0 Å². The fraction of sp³-hybridized carbons (Fsp3) is 0.0196. The van der Waals surface area contributed by atoms with Gasteiger partial charge in [-0.2, -0.15) is 10.5 Å². The number of fused-ring (bicyclic) bond motifs is 18. The maximum Gasteiger partial charge on any atom is 0.160 e. The van der Waals surface area contributed by atoms with Crippen LogP contribution in [-0.2, 0) is 10.8 Å². The van der Waals surface area contributed by atoms with Gasteiger partial charge in [0.15, 0.2) is 11.6 Å². The summed E-state index contributed by atoms with van der Waals surface area (Å²) in [6, 6.07) is 135. The van der Waals surface area contributed by atoms with Gasteiger partial charge in [0.25, 0.3) is 0 Å². The molecular formula is C102H60N6S2. The lowest BCUT2D eigenvalue weighted by Gasteiger charge is -2.39. The summed E-state index contributed by atoms with van der Waals surface area (Å²) < 4.78 is 0. The number of hydrogen-bond acceptors (Lipinski definition) is 8. The van der Waals surface area contributed by atoms with Crippen LogP contribution in [0.15, 0.2) is 384 Å². The fourth-order valence-electron chi connectivity index (χ4n) is 17.4. The predicted octanol–water partition coefficient (Wildman–Crippen LogP) is 25.3. The molecule has 21 rings (SSSR count). The molecule has 2 spiro atoms. The van der Waals surface area contributed by atoms with E-state index in [2.05, 4.69) is 346 Å². The van der Waals surface area contributed by atoms with Crippen LogP contribution in [0.4, 0.5) is 0 Å². The molecule has 0 saturated heterocycles. The van der Waals surface area contributed by atoms with Crippen LogP contribution in [-0.4, -0.2) is 19.9 Å². The standard InChI is InChI=1S/C102H60N6S2/c103-61-63-30-34-67(35-31-63)74-46-50-79-81-52-48-77(57-89(81)101(87(79)55-74)83-22-7-11-26-95(83)109-96-27-12-8-23-84(96)101)99-105-91(70-18-5-2-6-19-70)59-92(106-99)72-44-40-69(41-45-72)73-20-15-21-76(54-73)94-60-93(71-42-38-66(39-43-71)65-16-3-1-4-17-65)107-100(108-94)78-49-53-82-80-51-47-75(68-36-32-64(62-104)33-37-68)56-88(80)102(90(82)58-78)85-24-9-13-28-97(85)110-98-29-14-10-25-86(98)102/h1-60H. The first kappa shape index (κ1) is 64.5. The van der Waals surface area contributed by atoms with Gasteiger partial charge in [0, 0.05) is 53.0 Å². The highest BCUT2D eigenvalue weighted by Crippen LogP contribution is 2.65. The van der Waals surface area contributed by atoms with E-state index in [0.717, 1.165) is 101 Å². The third kappa shape index (κ3) is 10.4. The Labute approximate surface area is 646 Å². The lowest BCUT2D eigenvalue weighted by atomic mass is 9.67. The lowest BCUT2D eigenvalue weighted by Crippen LogP contribution is -2.32. The zero-order valence-corrected chi connectivity index (χ0v) is 60.8. The van der Waals surface area contributed by atoms with Crippen LogP contribution in [0.25, 0.3) is 135 Å². The van der Waals surface area contributed by atoms with Gasteiger partial charge in [0.1, 0.15) is 0 Å². The van der Waals surface area contributed by atoms with Crippen molar-refractivity contribution in [2.24, 2.45) is 0 Å². The molecule has 0 fully saturated rings. The fourth-order valence-corrected chi connectivity index (χ4v) is 19.8. The van der Waals surface area contributed by atoms with Crippen molar-refractivity contribution < 1.29 is 0 Å². The Morgan fingerprint density at radius 1 is 0.200 bits per heavy atom. The minimum atomic E-state index is -0.684. The Morgan fingerprint density at radius 2 is 0.455 bits per heavy atom. The Balaban J connectivity index is 0.672. The molecule has 8 heteroatoms. The predicted molar refractivity (Wildman–Crippen MR) is 444 cm³/mol. The first-order valence-electron chi connectivity index (χ1n) is 36.9. The van der Waals surface area contributed by atoms with E-state index in [1.165, 1.54) is 86.3 Å². The zero-order valence-electron chi connectivity index (χ0n) is 59.1. The summed E-state index contributed by atoms with van der Waals surface area (Å²) in [6.07, 6.45) is 0. The van der Waals surface area contributed by atoms with E-state index in [4.69, 9.17) is 19.9 Å². The molecule has 510 valence electrons. The lowest BCUT2D eigenvalue weighted by molar-refractivity contribution is 0.722. The molecule has 0 amide bonds. The summed E-state index contributed by atoms with van der Waals surface area (Å²) >= 11 is 3.66. The van der Waals surface area contributed by atoms with Crippen molar-refractivity contribution in [2.45, 2.75) is 30.4 Å². The van der Waals surface area contributed by atoms with Crippen molar-refractivity contribution in [3.8, 4) is 147 Å². The smallest absolute Gasteiger partial charge is 0.160 e. The van der Waals surface area contributed by atoms with Gasteiger partial charge >= 0.3 is 0 Å². The largest absolute Gasteiger partial charge is 0.228 e. The molecule has 15 aromatic carbocycles. The van der Waals surface area contributed by atoms with Crippen LogP contribution in [0.2, 0.25) is 0 Å². The molecule has 4 heterocycles. The average molecular weight is 1430 g/mol. The molecule has 2 aromatic heterocycles. The zero-order chi connectivity index (χ0) is 73.0. The van der Waals surface area contributed by atoms with Crippen LogP contribution >= 0.6 is 23.5 Å². The highest BCUT2D eigenvalue weighted by Gasteiger charge is 2.52. The number of nitrogens with zero attached hydrogens (tertiary/aromatic N) is 6. The summed E-state index contributed by atoms with van der Waals surface area (Å²) in [6.45, 7) is 0. The summed E-state index contributed by atoms with van der Waals surface area (Å²) in [5, 5.41) is 19.5. The van der Waals surface area contributed by atoms with Gasteiger partial charge in [0.05, 0.1) is 56.9 Å². The SMILES string of the molecule is N#Cc1ccc(-c2ccc3c(c2)C2(c4ccccc4Sc4ccccc42)c2cc(-c4nc(-c5ccccc5)cc(-c5ccc(-c6cccc(-c7cc(-c8ccc(-c9ccccc9)cc8)nc(-c8ccc9c(c8)C8(c%10ccccc%10Sc%10ccccc%108)c8cc(-c%10ccc(C#N)cc%10)ccc8-9)n7)c6)cc5)n4)ccc2-3)cc1. The van der Waals surface area contributed by atoms with Gasteiger partial charge in [-0.15, -0.1) is 0 Å². The summed E-state index contributed by atoms with van der Waals surface area (Å²) in [7, 11) is 0. The molecule has 0 radical (unpaired) electrons. The van der Waals surface area contributed by atoms with E-state index < -0.39 is 10.8 Å². The number of hydrogen-bond donors (Lipinski definition) is 0. The Bertz CT molecular complexity index is 6630. The molecule has 0 saturated carbocycles. The van der Waals surface area contributed by atoms with Crippen LogP contribution in [0, 0.1) is 22.7 Å². The van der Waals surface area contributed by atoms with E-state index in [9.17, 15) is 10.5 Å². The van der Waals surface area contributed by atoms with Gasteiger partial charge in [-0.25, -0.2) is 19.9 Å². The molecule has 2 aliphatic heterocycles. The maximum absolute atomic E-state index is 9.77. The van der Waals surface area contributed by atoms with Crippen molar-refractivity contribution in [1.29, 1.82) is 10.5 Å². The molecule has 0 bridgehead atoms. The minimum absolute atomic E-state index is 0.625. The third-order valence-electron chi connectivity index (χ3n) is 22.6. The number of rotatable bonds is 10. The van der Waals surface area contributed by atoms with Gasteiger partial charge in [0.2, 0.25) is 0 Å². The molecular weight excluding hydrogens is 1370 g/mol. The number of benzene rings is 15. The highest BCUT2D eigenvalue weighted by atomic mass is 32.2. The third-order valence-corrected chi connectivity index (χ3v) is 24.9. The van der Waals surface area contributed by atoms with Gasteiger partial charge in [-0.05, 0) is 202 Å². The number of aromatic nitrogens is 4. The summed E-state index contributed by atoms with van der Waals surface area (Å²) in [4.78, 5) is 27.0. The quantitative estimate of drug-likeness (QED) is 0.134. The molecule has 0 atom stereocenters. The van der Waals surface area contributed by atoms with Gasteiger partial charge < -0.3 is 0 Å². The molecule has 4 aliphatic rings. The number of nitriles is 2. The molecule has 17 aromatic rings. The topological polar surface area (TPSA) is 99.1 Å². The molecule has 2 aliphatic carbocycles. The van der Waals surface area contributed by atoms with Crippen LogP contribution in [0.1, 0.15) is 55.6 Å². The normalized spacial score (nSPS) is 13.1. The minimum Gasteiger partial charge on any atom is -0.228 e. The van der Waals surface area contributed by atoms with E-state index in [0.29, 0.717) is 22.8 Å². The van der Waals surface area contributed by atoms with Crippen molar-refractivity contribution >= 4 is 23.5 Å². The van der Waals surface area contributed by atoms with Gasteiger partial charge in [-0.3, -0.25) is 0 Å². The highest BCUT2D eigenvalue weighted by molar-refractivity contribution is 7.99. The van der Waals surface area contributed by atoms with Crippen molar-refractivity contribution in [3.63, 3.8) is 0 Å². The van der Waals surface area contributed by atoms with Crippen molar-refractivity contribution in [2.75, 3.05) is 0 Å². The summed E-state index contributed by atoms with van der Waals surface area (Å²) in [5.41, 5.74) is 32.1. The van der Waals surface area contributed by atoms with Gasteiger partial charge in [-0.1, -0.05) is 297 Å². The van der Waals surface area contributed by atoms with Crippen LogP contribution in [0.5, 0.6) is 0 Å². The first-order chi connectivity index (χ1) is 54.3. The van der Waals surface area contributed by atoms with E-state index >= 15 is 0 Å². The Morgan fingerprint density at radius 3 is 0.836 bits per heavy atom. The second-order valence-corrected chi connectivity index (χ2v) is 30.7. The Hall–Kier alpha value is -13.9. The molecule has 110 heavy (non-hydrogen) atoms. The van der Waals surface area contributed by atoms with E-state index in [1.54, 1.807) is 0 Å². The monoisotopic (exact) mass is 1430 g/mol. The van der Waals surface area contributed by atoms with E-state index in [1.807, 2.05) is 53.9 Å². The van der Waals surface area contributed by atoms with E-state index in [-0.39, 0.29) is 0 Å². The van der Waals surface area contributed by atoms with Crippen molar-refractivity contribution in [1.82, 2.24) is 19.9 Å². The van der Waals surface area contributed by atoms with Crippen LogP contribution < -0.4 is 0 Å². The molecule has 0 N–H and O–H groups in total. The maximum atomic E-state index is 9.77. The second kappa shape index (κ2) is 26.0. The average Bonchev–Trinajstić information content (AvgIpc) is 1.50. The molecule has 6 nitrogen and oxygen atoms in total. The first-order valence-corrected chi connectivity index (χ1v) is 38.5. The Kier molecular flexibility index (Phi) is 15.2. The summed E-state index contributed by atoms with van der Waals surface area (Å²) in [5.74, 6) is 1.26. The second-order valence-electron chi connectivity index (χ2n) is 28.5.